The number of sulfonamides is 1. The van der Waals surface area contributed by atoms with Crippen LogP contribution >= 0.6 is 11.6 Å². The van der Waals surface area contributed by atoms with Gasteiger partial charge in [-0.3, -0.25) is 0 Å². The van der Waals surface area contributed by atoms with Gasteiger partial charge in [-0.15, -0.1) is 11.6 Å². The second kappa shape index (κ2) is 5.56. The van der Waals surface area contributed by atoms with Crippen LogP contribution in [0.3, 0.4) is 0 Å². The first-order valence-corrected chi connectivity index (χ1v) is 7.46. The fourth-order valence-electron chi connectivity index (χ4n) is 1.43. The molecule has 0 saturated carbocycles. The van der Waals surface area contributed by atoms with Crippen molar-refractivity contribution in [1.29, 1.82) is 0 Å². The number of nitrogens with zero attached hydrogens (tertiary/aromatic N) is 2. The molecule has 6 nitrogen and oxygen atoms in total. The summed E-state index contributed by atoms with van der Waals surface area (Å²) in [6.07, 6.45) is 1.95. The third-order valence-corrected chi connectivity index (χ3v) is 3.99. The average molecular weight is 296 g/mol. The molecule has 0 aromatic heterocycles. The average Bonchev–Trinajstić information content (AvgIpc) is 2.25. The molecule has 0 amide bonds. The molecule has 1 rings (SSSR count). The monoisotopic (exact) mass is 295 g/mol. The van der Waals surface area contributed by atoms with Crippen molar-refractivity contribution in [2.24, 2.45) is 4.99 Å². The van der Waals surface area contributed by atoms with E-state index in [0.717, 1.165) is 0 Å². The van der Waals surface area contributed by atoms with Crippen molar-refractivity contribution >= 4 is 26.8 Å². The first kappa shape index (κ1) is 15.4. The van der Waals surface area contributed by atoms with Crippen molar-refractivity contribution in [1.82, 2.24) is 9.62 Å². The van der Waals surface area contributed by atoms with Crippen molar-refractivity contribution in [3.8, 4) is 0 Å². The molecule has 1 heterocycles. The van der Waals surface area contributed by atoms with Gasteiger partial charge in [0, 0.05) is 18.3 Å². The van der Waals surface area contributed by atoms with E-state index in [1.807, 2.05) is 0 Å². The maximum atomic E-state index is 12.2. The van der Waals surface area contributed by atoms with Crippen molar-refractivity contribution in [3.05, 3.63) is 12.3 Å². The molecule has 1 aliphatic rings. The number of aliphatic hydroxyl groups excluding tert-OH is 1. The second-order valence-corrected chi connectivity index (χ2v) is 6.82. The van der Waals surface area contributed by atoms with Crippen molar-refractivity contribution in [2.45, 2.75) is 32.5 Å². The summed E-state index contributed by atoms with van der Waals surface area (Å²) in [5.74, 6) is -0.0993. The molecule has 0 aromatic rings. The minimum atomic E-state index is -3.79. The lowest BCUT2D eigenvalue weighted by molar-refractivity contribution is 0.0822. The van der Waals surface area contributed by atoms with Gasteiger partial charge in [0.15, 0.2) is 0 Å². The maximum Gasteiger partial charge on any atom is 0.274 e. The van der Waals surface area contributed by atoms with Gasteiger partial charge in [-0.2, -0.15) is 0 Å². The molecule has 2 N–H and O–H groups in total. The Morgan fingerprint density at radius 3 is 2.72 bits per heavy atom. The summed E-state index contributed by atoms with van der Waals surface area (Å²) in [5.41, 5.74) is -0.625. The van der Waals surface area contributed by atoms with E-state index in [4.69, 9.17) is 11.6 Å². The number of rotatable bonds is 3. The minimum Gasteiger partial charge on any atom is -0.372 e. The molecule has 0 fully saturated rings. The van der Waals surface area contributed by atoms with Gasteiger partial charge in [0.25, 0.3) is 10.0 Å². The Morgan fingerprint density at radius 1 is 1.61 bits per heavy atom. The zero-order valence-electron chi connectivity index (χ0n) is 10.6. The van der Waals surface area contributed by atoms with Gasteiger partial charge in [-0.05, 0) is 26.8 Å². The van der Waals surface area contributed by atoms with Crippen LogP contribution < -0.4 is 4.72 Å². The van der Waals surface area contributed by atoms with Crippen LogP contribution in [0.1, 0.15) is 20.8 Å². The lowest BCUT2D eigenvalue weighted by Crippen LogP contribution is -2.52. The van der Waals surface area contributed by atoms with Gasteiger partial charge in [0.1, 0.15) is 6.23 Å². The summed E-state index contributed by atoms with van der Waals surface area (Å²) in [7, 11) is -3.79. The summed E-state index contributed by atoms with van der Waals surface area (Å²) in [4.78, 5) is 5.07. The number of aliphatic hydroxyl groups is 1. The van der Waals surface area contributed by atoms with Crippen molar-refractivity contribution in [2.75, 3.05) is 12.4 Å². The summed E-state index contributed by atoms with van der Waals surface area (Å²) in [6.45, 7) is 5.43. The molecule has 0 radical (unpaired) electrons. The smallest absolute Gasteiger partial charge is 0.274 e. The normalized spacial score (nSPS) is 18.7. The fraction of sp³-hybridized carbons (Fsp3) is 0.700. The van der Waals surface area contributed by atoms with Gasteiger partial charge < -0.3 is 10.0 Å². The van der Waals surface area contributed by atoms with Crippen LogP contribution in [0.4, 0.5) is 0 Å². The highest BCUT2D eigenvalue weighted by Gasteiger charge is 2.33. The van der Waals surface area contributed by atoms with Gasteiger partial charge in [0.2, 0.25) is 5.17 Å². The third-order valence-electron chi connectivity index (χ3n) is 2.02. The molecule has 0 saturated heterocycles. The molecular weight excluding hydrogens is 278 g/mol. The summed E-state index contributed by atoms with van der Waals surface area (Å²) in [5, 5.41) is 9.49. The third kappa shape index (κ3) is 3.94. The van der Waals surface area contributed by atoms with E-state index in [2.05, 4.69) is 9.71 Å². The van der Waals surface area contributed by atoms with Gasteiger partial charge in [0.05, 0.1) is 5.88 Å². The molecular formula is C10H18ClN3O3S. The molecule has 0 bridgehead atoms. The van der Waals surface area contributed by atoms with E-state index < -0.39 is 21.8 Å². The first-order valence-electron chi connectivity index (χ1n) is 5.45. The Balaban J connectivity index is 3.04. The zero-order valence-corrected chi connectivity index (χ0v) is 12.2. The number of amidine groups is 1. The summed E-state index contributed by atoms with van der Waals surface area (Å²) >= 11 is 5.55. The molecule has 104 valence electrons. The van der Waals surface area contributed by atoms with Crippen LogP contribution in [0.15, 0.2) is 17.3 Å². The minimum absolute atomic E-state index is 0.0993. The Morgan fingerprint density at radius 2 is 2.22 bits per heavy atom. The Bertz CT molecular complexity index is 453. The molecule has 1 unspecified atom stereocenters. The number of halogens is 1. The number of aliphatic imine (C=N–C) groups is 1. The van der Waals surface area contributed by atoms with Crippen LogP contribution in [0.5, 0.6) is 0 Å². The van der Waals surface area contributed by atoms with Crippen molar-refractivity contribution in [3.63, 3.8) is 0 Å². The van der Waals surface area contributed by atoms with Crippen LogP contribution in [-0.4, -0.2) is 47.8 Å². The van der Waals surface area contributed by atoms with E-state index in [-0.39, 0.29) is 17.6 Å². The molecule has 8 heteroatoms. The van der Waals surface area contributed by atoms with E-state index in [1.54, 1.807) is 26.8 Å². The highest BCUT2D eigenvalue weighted by Crippen LogP contribution is 2.12. The quantitative estimate of drug-likeness (QED) is 0.741. The summed E-state index contributed by atoms with van der Waals surface area (Å²) < 4.78 is 26.8. The van der Waals surface area contributed by atoms with E-state index in [1.165, 1.54) is 11.1 Å². The standard InChI is InChI=1S/C10H18ClN3O3S/c1-10(2,3)13-18(16,17)9-12-5-4-6-14(9)8(15)7-11/h4-5,8,13,15H,6-7H2,1-3H3. The highest BCUT2D eigenvalue weighted by atomic mass is 35.5. The number of alkyl halides is 1. The predicted molar refractivity (Wildman–Crippen MR) is 71.8 cm³/mol. The van der Waals surface area contributed by atoms with Crippen molar-refractivity contribution < 1.29 is 13.5 Å². The van der Waals surface area contributed by atoms with Crippen LogP contribution in [0.2, 0.25) is 0 Å². The van der Waals surface area contributed by atoms with Crippen LogP contribution in [-0.2, 0) is 10.0 Å². The lowest BCUT2D eigenvalue weighted by atomic mass is 10.1. The van der Waals surface area contributed by atoms with Crippen LogP contribution in [0, 0.1) is 0 Å². The predicted octanol–water partition coefficient (Wildman–Crippen LogP) is 0.447. The first-order chi connectivity index (χ1) is 8.17. The summed E-state index contributed by atoms with van der Waals surface area (Å²) in [6, 6.07) is 0. The zero-order chi connectivity index (χ0) is 14.0. The maximum absolute atomic E-state index is 12.2. The number of hydrogen-bond donors (Lipinski definition) is 2. The molecule has 1 atom stereocenters. The Labute approximate surface area is 112 Å². The van der Waals surface area contributed by atoms with Gasteiger partial charge in [-0.25, -0.2) is 18.1 Å². The fourth-order valence-corrected chi connectivity index (χ4v) is 3.20. The molecule has 0 aliphatic carbocycles. The topological polar surface area (TPSA) is 82.0 Å². The molecule has 0 spiro atoms. The Kier molecular flexibility index (Phi) is 4.77. The van der Waals surface area contributed by atoms with E-state index >= 15 is 0 Å². The van der Waals surface area contributed by atoms with E-state index in [9.17, 15) is 13.5 Å². The molecule has 0 aromatic carbocycles. The molecule has 1 aliphatic heterocycles. The lowest BCUT2D eigenvalue weighted by Gasteiger charge is -2.31. The molecule has 18 heavy (non-hydrogen) atoms. The number of nitrogens with one attached hydrogen (secondary N) is 1. The second-order valence-electron chi connectivity index (χ2n) is 4.94. The van der Waals surface area contributed by atoms with Crippen LogP contribution in [0.25, 0.3) is 0 Å². The highest BCUT2D eigenvalue weighted by molar-refractivity contribution is 8.04. The van der Waals surface area contributed by atoms with E-state index in [0.29, 0.717) is 0 Å². The Hall–Kier alpha value is -0.630. The van der Waals surface area contributed by atoms with Gasteiger partial charge >= 0.3 is 0 Å². The largest absolute Gasteiger partial charge is 0.372 e. The SMILES string of the molecule is CC(C)(C)NS(=O)(=O)C1=NC=CCN1C(O)CCl. The van der Waals surface area contributed by atoms with Gasteiger partial charge in [-0.1, -0.05) is 0 Å². The number of hydrogen-bond acceptors (Lipinski definition) is 5.